The maximum Gasteiger partial charge on any atom is 0.490 e. The van der Waals surface area contributed by atoms with Gasteiger partial charge in [0.2, 0.25) is 0 Å². The third-order valence-electron chi connectivity index (χ3n) is 6.89. The van der Waals surface area contributed by atoms with E-state index < -0.39 is 22.2 Å². The molecule has 2 heterocycles. The van der Waals surface area contributed by atoms with Crippen molar-refractivity contribution in [3.05, 3.63) is 102 Å². The van der Waals surface area contributed by atoms with Gasteiger partial charge in [-0.25, -0.2) is 17.2 Å². The first-order chi connectivity index (χ1) is 19.4. The SMILES string of the molecule is NCc1cccc(C2CCN(C(=O)c3cn(S(=O)(=O)c4ccccc4)c4ccccc34)CC2)c1.O=C(O)C(F)(F)F. The highest BCUT2D eigenvalue weighted by atomic mass is 32.2. The third-order valence-corrected chi connectivity index (χ3v) is 8.58. The van der Waals surface area contributed by atoms with Gasteiger partial charge in [0, 0.05) is 31.2 Å². The second-order valence-electron chi connectivity index (χ2n) is 9.49. The second kappa shape index (κ2) is 12.1. The van der Waals surface area contributed by atoms with E-state index in [1.807, 2.05) is 29.2 Å². The van der Waals surface area contributed by atoms with Gasteiger partial charge < -0.3 is 15.7 Å². The molecule has 12 heteroatoms. The quantitative estimate of drug-likeness (QED) is 0.339. The van der Waals surface area contributed by atoms with Crippen LogP contribution >= 0.6 is 0 Å². The van der Waals surface area contributed by atoms with Gasteiger partial charge in [-0.15, -0.1) is 0 Å². The number of amides is 1. The van der Waals surface area contributed by atoms with Crippen LogP contribution in [0, 0.1) is 0 Å². The predicted molar refractivity (Wildman–Crippen MR) is 147 cm³/mol. The molecule has 4 aromatic rings. The maximum absolute atomic E-state index is 13.5. The Balaban J connectivity index is 0.000000493. The Morgan fingerprint density at radius 2 is 1.54 bits per heavy atom. The summed E-state index contributed by atoms with van der Waals surface area (Å²) in [4.78, 5) is 24.5. The molecule has 8 nitrogen and oxygen atoms in total. The summed E-state index contributed by atoms with van der Waals surface area (Å²) in [5, 5.41) is 7.77. The van der Waals surface area contributed by atoms with E-state index in [9.17, 15) is 26.4 Å². The number of carbonyl (C=O) groups is 2. The molecule has 1 aliphatic rings. The number of fused-ring (bicyclic) bond motifs is 1. The van der Waals surface area contributed by atoms with Crippen molar-refractivity contribution in [2.75, 3.05) is 13.1 Å². The Morgan fingerprint density at radius 3 is 2.15 bits per heavy atom. The molecule has 3 N–H and O–H groups in total. The van der Waals surface area contributed by atoms with Crippen LogP contribution in [0.1, 0.15) is 40.2 Å². The lowest BCUT2D eigenvalue weighted by Crippen LogP contribution is -2.37. The molecule has 5 rings (SSSR count). The zero-order chi connectivity index (χ0) is 29.8. The number of hydrogen-bond donors (Lipinski definition) is 2. The van der Waals surface area contributed by atoms with Crippen LogP contribution in [0.2, 0.25) is 0 Å². The Kier molecular flexibility index (Phi) is 8.83. The number of alkyl halides is 3. The van der Waals surface area contributed by atoms with Gasteiger partial charge >= 0.3 is 12.1 Å². The lowest BCUT2D eigenvalue weighted by Gasteiger charge is -2.32. The molecule has 0 bridgehead atoms. The van der Waals surface area contributed by atoms with E-state index in [-0.39, 0.29) is 10.8 Å². The normalized spacial score (nSPS) is 14.4. The zero-order valence-corrected chi connectivity index (χ0v) is 22.6. The first kappa shape index (κ1) is 29.8. The van der Waals surface area contributed by atoms with Crippen molar-refractivity contribution in [1.29, 1.82) is 0 Å². The number of nitrogens with two attached hydrogens (primary N) is 1. The molecule has 1 aliphatic heterocycles. The van der Waals surface area contributed by atoms with Crippen LogP contribution in [-0.4, -0.2) is 53.5 Å². The molecular weight excluding hydrogens is 559 g/mol. The smallest absolute Gasteiger partial charge is 0.475 e. The highest BCUT2D eigenvalue weighted by Gasteiger charge is 2.38. The molecule has 0 radical (unpaired) electrons. The Morgan fingerprint density at radius 1 is 0.927 bits per heavy atom. The number of likely N-dealkylation sites (tertiary alicyclic amines) is 1. The topological polar surface area (TPSA) is 123 Å². The number of para-hydroxylation sites is 1. The third kappa shape index (κ3) is 6.60. The molecule has 1 fully saturated rings. The minimum absolute atomic E-state index is 0.132. The Bertz CT molecular complexity index is 1650. The summed E-state index contributed by atoms with van der Waals surface area (Å²) in [6, 6.07) is 23.8. The molecular formula is C29H28F3N3O5S. The lowest BCUT2D eigenvalue weighted by atomic mass is 9.88. The van der Waals surface area contributed by atoms with Gasteiger partial charge in [-0.05, 0) is 48.1 Å². The van der Waals surface area contributed by atoms with E-state index in [1.54, 1.807) is 42.5 Å². The first-order valence-electron chi connectivity index (χ1n) is 12.7. The van der Waals surface area contributed by atoms with Crippen molar-refractivity contribution < 1.29 is 36.3 Å². The maximum atomic E-state index is 13.5. The Hall–Kier alpha value is -4.16. The lowest BCUT2D eigenvalue weighted by molar-refractivity contribution is -0.192. The average molecular weight is 588 g/mol. The van der Waals surface area contributed by atoms with Gasteiger partial charge in [-0.1, -0.05) is 60.7 Å². The molecule has 216 valence electrons. The summed E-state index contributed by atoms with van der Waals surface area (Å²) >= 11 is 0. The van der Waals surface area contributed by atoms with E-state index in [0.29, 0.717) is 42.0 Å². The number of aliphatic carboxylic acids is 1. The number of piperidine rings is 1. The van der Waals surface area contributed by atoms with Gasteiger partial charge in [-0.2, -0.15) is 13.2 Å². The number of carboxylic acid groups (broad SMARTS) is 1. The van der Waals surface area contributed by atoms with Crippen LogP contribution in [-0.2, 0) is 21.4 Å². The molecule has 1 amide bonds. The number of carboxylic acids is 1. The zero-order valence-electron chi connectivity index (χ0n) is 21.8. The predicted octanol–water partition coefficient (Wildman–Crippen LogP) is 4.99. The molecule has 0 spiro atoms. The molecule has 0 atom stereocenters. The van der Waals surface area contributed by atoms with Crippen LogP contribution in [0.25, 0.3) is 10.9 Å². The summed E-state index contributed by atoms with van der Waals surface area (Å²) in [6.07, 6.45) is -1.88. The number of rotatable bonds is 5. The van der Waals surface area contributed by atoms with Crippen molar-refractivity contribution in [2.45, 2.75) is 36.4 Å². The molecule has 0 aliphatic carbocycles. The number of benzene rings is 3. The van der Waals surface area contributed by atoms with Crippen LogP contribution in [0.15, 0.2) is 90.0 Å². The summed E-state index contributed by atoms with van der Waals surface area (Å²) in [5.41, 5.74) is 9.09. The molecule has 41 heavy (non-hydrogen) atoms. The fourth-order valence-electron chi connectivity index (χ4n) is 4.79. The fourth-order valence-corrected chi connectivity index (χ4v) is 6.18. The largest absolute Gasteiger partial charge is 0.490 e. The van der Waals surface area contributed by atoms with Crippen molar-refractivity contribution in [2.24, 2.45) is 5.73 Å². The van der Waals surface area contributed by atoms with Gasteiger partial charge in [0.1, 0.15) is 0 Å². The number of hydrogen-bond acceptors (Lipinski definition) is 5. The molecule has 1 saturated heterocycles. The van der Waals surface area contributed by atoms with E-state index >= 15 is 0 Å². The average Bonchev–Trinajstić information content (AvgIpc) is 3.38. The van der Waals surface area contributed by atoms with E-state index in [1.165, 1.54) is 15.7 Å². The summed E-state index contributed by atoms with van der Waals surface area (Å²) in [7, 11) is -3.82. The second-order valence-corrected chi connectivity index (χ2v) is 11.3. The van der Waals surface area contributed by atoms with Crippen LogP contribution in [0.3, 0.4) is 0 Å². The van der Waals surface area contributed by atoms with E-state index in [2.05, 4.69) is 12.1 Å². The van der Waals surface area contributed by atoms with Crippen molar-refractivity contribution >= 4 is 32.8 Å². The van der Waals surface area contributed by atoms with Crippen LogP contribution in [0.5, 0.6) is 0 Å². The van der Waals surface area contributed by atoms with Crippen LogP contribution < -0.4 is 5.73 Å². The van der Waals surface area contributed by atoms with Gasteiger partial charge in [-0.3, -0.25) is 4.79 Å². The summed E-state index contributed by atoms with van der Waals surface area (Å²) < 4.78 is 59.7. The minimum atomic E-state index is -5.08. The molecule has 1 aromatic heterocycles. The van der Waals surface area contributed by atoms with Crippen molar-refractivity contribution in [3.8, 4) is 0 Å². The molecule has 0 unspecified atom stereocenters. The van der Waals surface area contributed by atoms with E-state index in [0.717, 1.165) is 18.4 Å². The first-order valence-corrected chi connectivity index (χ1v) is 14.2. The molecule has 3 aromatic carbocycles. The van der Waals surface area contributed by atoms with Gasteiger partial charge in [0.05, 0.1) is 16.0 Å². The van der Waals surface area contributed by atoms with Crippen molar-refractivity contribution in [3.63, 3.8) is 0 Å². The minimum Gasteiger partial charge on any atom is -0.475 e. The summed E-state index contributed by atoms with van der Waals surface area (Å²) in [6.45, 7) is 1.77. The van der Waals surface area contributed by atoms with Gasteiger partial charge in [0.25, 0.3) is 15.9 Å². The highest BCUT2D eigenvalue weighted by molar-refractivity contribution is 7.90. The monoisotopic (exact) mass is 587 g/mol. The number of carbonyl (C=O) groups excluding carboxylic acids is 1. The van der Waals surface area contributed by atoms with Crippen LogP contribution in [0.4, 0.5) is 13.2 Å². The van der Waals surface area contributed by atoms with E-state index in [4.69, 9.17) is 15.6 Å². The van der Waals surface area contributed by atoms with Crippen molar-refractivity contribution in [1.82, 2.24) is 8.87 Å². The standard InChI is InChI=1S/C27H27N3O3S.C2HF3O2/c28-18-20-7-6-8-22(17-20)21-13-15-29(16-14-21)27(31)25-19-30(26-12-5-4-11-24(25)26)34(32,33)23-9-2-1-3-10-23;3-2(4,5)1(6)7/h1-12,17,19,21H,13-16,18,28H2;(H,6,7). The fraction of sp³-hybridized carbons (Fsp3) is 0.241. The number of nitrogens with zero attached hydrogens (tertiary/aromatic N) is 2. The Labute approximate surface area is 234 Å². The molecule has 0 saturated carbocycles. The summed E-state index contributed by atoms with van der Waals surface area (Å²) in [5.74, 6) is -2.50. The van der Waals surface area contributed by atoms with Gasteiger partial charge in [0.15, 0.2) is 0 Å². The number of aromatic nitrogens is 1. The highest BCUT2D eigenvalue weighted by Crippen LogP contribution is 2.31. The number of halogens is 3.